The van der Waals surface area contributed by atoms with Crippen molar-refractivity contribution in [2.45, 2.75) is 77.8 Å². The lowest BCUT2D eigenvalue weighted by molar-refractivity contribution is -0.135. The maximum atomic E-state index is 13.5. The fourth-order valence-electron chi connectivity index (χ4n) is 4.51. The number of para-hydroxylation sites is 1. The third-order valence-electron chi connectivity index (χ3n) is 6.63. The van der Waals surface area contributed by atoms with Crippen molar-refractivity contribution in [2.75, 3.05) is 12.2 Å². The van der Waals surface area contributed by atoms with E-state index in [9.17, 15) is 19.2 Å². The Kier molecular flexibility index (Phi) is 13.9. The highest BCUT2D eigenvalue weighted by Crippen LogP contribution is 2.21. The first-order valence-corrected chi connectivity index (χ1v) is 14.0. The van der Waals surface area contributed by atoms with E-state index in [2.05, 4.69) is 17.6 Å². The minimum absolute atomic E-state index is 0.0772. The smallest absolute Gasteiger partial charge is 0.251 e. The summed E-state index contributed by atoms with van der Waals surface area (Å²) < 4.78 is 0. The second-order valence-corrected chi connectivity index (χ2v) is 10.4. The van der Waals surface area contributed by atoms with E-state index in [1.54, 1.807) is 24.3 Å². The second kappa shape index (κ2) is 17.1. The van der Waals surface area contributed by atoms with Crippen LogP contribution in [0.1, 0.15) is 64.9 Å². The molecule has 4 N–H and O–H groups in total. The number of hydroxylamine groups is 1. The third kappa shape index (κ3) is 10.8. The Hall–Kier alpha value is -3.72. The van der Waals surface area contributed by atoms with Crippen LogP contribution < -0.4 is 21.4 Å². The standard InChI is InChI=1S/C31H44N4O5/c1-5-6-9-16-24(21-28(36)35(40-4)25-17-12-8-13-18-25)30(38)34-27(19-22(2)3)31(39)33-26(29(32)37)20-23-14-10-7-11-15-23/h7-8,10-15,17-18,22,24,26-27H,5-6,9,16,19-21H2,1-4H3,(H2,32,37)(H,33,39)(H,34,38)/t24?,26-,27-/m0/s1. The summed E-state index contributed by atoms with van der Waals surface area (Å²) in [6.07, 6.45) is 3.66. The first-order chi connectivity index (χ1) is 19.2. The summed E-state index contributed by atoms with van der Waals surface area (Å²) >= 11 is 0. The van der Waals surface area contributed by atoms with E-state index in [0.717, 1.165) is 24.8 Å². The number of hydrogen-bond acceptors (Lipinski definition) is 5. The molecule has 4 amide bonds. The van der Waals surface area contributed by atoms with Crippen molar-refractivity contribution in [3.05, 3.63) is 66.2 Å². The van der Waals surface area contributed by atoms with Crippen molar-refractivity contribution in [1.29, 1.82) is 0 Å². The molecule has 0 aliphatic rings. The fraction of sp³-hybridized carbons (Fsp3) is 0.484. The number of nitrogens with two attached hydrogens (primary N) is 1. The van der Waals surface area contributed by atoms with Gasteiger partial charge in [0.1, 0.15) is 12.1 Å². The largest absolute Gasteiger partial charge is 0.368 e. The maximum absolute atomic E-state index is 13.5. The number of benzene rings is 2. The zero-order chi connectivity index (χ0) is 29.5. The van der Waals surface area contributed by atoms with Gasteiger partial charge in [0.05, 0.1) is 12.8 Å². The van der Waals surface area contributed by atoms with Crippen LogP contribution >= 0.6 is 0 Å². The summed E-state index contributed by atoms with van der Waals surface area (Å²) in [7, 11) is 1.41. The number of amides is 4. The normalized spacial score (nSPS) is 13.2. The van der Waals surface area contributed by atoms with E-state index in [-0.39, 0.29) is 30.6 Å². The number of primary amides is 1. The number of nitrogens with zero attached hydrogens (tertiary/aromatic N) is 1. The fourth-order valence-corrected chi connectivity index (χ4v) is 4.51. The quantitative estimate of drug-likeness (QED) is 0.202. The molecule has 0 heterocycles. The Morgan fingerprint density at radius 2 is 1.48 bits per heavy atom. The minimum Gasteiger partial charge on any atom is -0.368 e. The molecule has 40 heavy (non-hydrogen) atoms. The molecule has 0 aliphatic carbocycles. The molecular weight excluding hydrogens is 508 g/mol. The van der Waals surface area contributed by atoms with Gasteiger partial charge in [0.25, 0.3) is 5.91 Å². The average molecular weight is 553 g/mol. The van der Waals surface area contributed by atoms with Crippen LogP contribution in [0.2, 0.25) is 0 Å². The van der Waals surface area contributed by atoms with Gasteiger partial charge in [0.2, 0.25) is 17.7 Å². The van der Waals surface area contributed by atoms with Crippen LogP contribution in [0, 0.1) is 11.8 Å². The Morgan fingerprint density at radius 1 is 0.875 bits per heavy atom. The molecule has 1 unspecified atom stereocenters. The Bertz CT molecular complexity index is 1080. The van der Waals surface area contributed by atoms with Crippen molar-refractivity contribution in [3.63, 3.8) is 0 Å². The molecule has 9 nitrogen and oxygen atoms in total. The van der Waals surface area contributed by atoms with Gasteiger partial charge in [0.15, 0.2) is 0 Å². The van der Waals surface area contributed by atoms with Gasteiger partial charge in [-0.15, -0.1) is 0 Å². The molecule has 9 heteroatoms. The molecule has 0 saturated heterocycles. The first-order valence-electron chi connectivity index (χ1n) is 14.0. The predicted octanol–water partition coefficient (Wildman–Crippen LogP) is 3.91. The van der Waals surface area contributed by atoms with E-state index in [0.29, 0.717) is 18.5 Å². The van der Waals surface area contributed by atoms with Crippen LogP contribution in [0.3, 0.4) is 0 Å². The number of anilines is 1. The molecule has 0 spiro atoms. The Balaban J connectivity index is 2.18. The van der Waals surface area contributed by atoms with Crippen molar-refractivity contribution in [2.24, 2.45) is 17.6 Å². The maximum Gasteiger partial charge on any atom is 0.251 e. The van der Waals surface area contributed by atoms with E-state index in [4.69, 9.17) is 10.6 Å². The highest BCUT2D eigenvalue weighted by atomic mass is 16.7. The summed E-state index contributed by atoms with van der Waals surface area (Å²) in [5.41, 5.74) is 7.02. The van der Waals surface area contributed by atoms with E-state index in [1.807, 2.05) is 50.2 Å². The zero-order valence-electron chi connectivity index (χ0n) is 24.1. The molecule has 0 fully saturated rings. The van der Waals surface area contributed by atoms with Gasteiger partial charge in [-0.1, -0.05) is 88.6 Å². The number of carbonyl (C=O) groups excluding carboxylic acids is 4. The van der Waals surface area contributed by atoms with Crippen molar-refractivity contribution < 1.29 is 24.0 Å². The molecule has 2 aromatic rings. The Labute approximate surface area is 237 Å². The lowest BCUT2D eigenvalue weighted by Gasteiger charge is -2.26. The van der Waals surface area contributed by atoms with E-state index < -0.39 is 29.8 Å². The number of nitrogens with one attached hydrogen (secondary N) is 2. The summed E-state index contributed by atoms with van der Waals surface area (Å²) in [5, 5.41) is 6.78. The van der Waals surface area contributed by atoms with Crippen LogP contribution in [-0.2, 0) is 30.4 Å². The molecule has 218 valence electrons. The molecule has 0 aromatic heterocycles. The van der Waals surface area contributed by atoms with Gasteiger partial charge in [-0.3, -0.25) is 24.0 Å². The lowest BCUT2D eigenvalue weighted by atomic mass is 9.94. The molecule has 3 atom stereocenters. The number of hydrogen-bond donors (Lipinski definition) is 3. The van der Waals surface area contributed by atoms with E-state index >= 15 is 0 Å². The van der Waals surface area contributed by atoms with Crippen LogP contribution in [-0.4, -0.2) is 42.8 Å². The topological polar surface area (TPSA) is 131 Å². The second-order valence-electron chi connectivity index (χ2n) is 10.4. The number of carbonyl (C=O) groups is 4. The molecular formula is C31H44N4O5. The van der Waals surface area contributed by atoms with Crippen molar-refractivity contribution in [1.82, 2.24) is 10.6 Å². The van der Waals surface area contributed by atoms with Crippen molar-refractivity contribution >= 4 is 29.3 Å². The van der Waals surface area contributed by atoms with Gasteiger partial charge in [-0.2, -0.15) is 5.06 Å². The summed E-state index contributed by atoms with van der Waals surface area (Å²) in [4.78, 5) is 57.6. The van der Waals surface area contributed by atoms with Crippen LogP contribution in [0.25, 0.3) is 0 Å². The van der Waals surface area contributed by atoms with Gasteiger partial charge < -0.3 is 16.4 Å². The number of rotatable bonds is 17. The van der Waals surface area contributed by atoms with Crippen LogP contribution in [0.15, 0.2) is 60.7 Å². The molecule has 2 aromatic carbocycles. The van der Waals surface area contributed by atoms with E-state index in [1.165, 1.54) is 12.2 Å². The monoisotopic (exact) mass is 552 g/mol. The first kappa shape index (κ1) is 32.5. The van der Waals surface area contributed by atoms with Gasteiger partial charge >= 0.3 is 0 Å². The molecule has 2 rings (SSSR count). The van der Waals surface area contributed by atoms with Crippen LogP contribution in [0.4, 0.5) is 5.69 Å². The van der Waals surface area contributed by atoms with Crippen molar-refractivity contribution in [3.8, 4) is 0 Å². The van der Waals surface area contributed by atoms with Gasteiger partial charge in [-0.25, -0.2) is 0 Å². The SMILES string of the molecule is CCCCCC(CC(=O)N(OC)c1ccccc1)C(=O)N[C@@H](CC(C)C)C(=O)N[C@@H](Cc1ccccc1)C(N)=O. The molecule has 0 saturated carbocycles. The minimum atomic E-state index is -0.926. The number of unbranched alkanes of at least 4 members (excludes halogenated alkanes) is 2. The highest BCUT2D eigenvalue weighted by Gasteiger charge is 2.31. The lowest BCUT2D eigenvalue weighted by Crippen LogP contribution is -2.54. The average Bonchev–Trinajstić information content (AvgIpc) is 2.93. The van der Waals surface area contributed by atoms with Gasteiger partial charge in [0, 0.05) is 18.8 Å². The Morgan fingerprint density at radius 3 is 2.02 bits per heavy atom. The summed E-state index contributed by atoms with van der Waals surface area (Å²) in [6.45, 7) is 5.96. The highest BCUT2D eigenvalue weighted by molar-refractivity contribution is 5.96. The summed E-state index contributed by atoms with van der Waals surface area (Å²) in [6, 6.07) is 16.4. The molecule has 0 radical (unpaired) electrons. The predicted molar refractivity (Wildman–Crippen MR) is 156 cm³/mol. The van der Waals surface area contributed by atoms with Crippen LogP contribution in [0.5, 0.6) is 0 Å². The molecule has 0 bridgehead atoms. The molecule has 0 aliphatic heterocycles. The summed E-state index contributed by atoms with van der Waals surface area (Å²) in [5.74, 6) is -2.45. The third-order valence-corrected chi connectivity index (χ3v) is 6.63. The van der Waals surface area contributed by atoms with Gasteiger partial charge in [-0.05, 0) is 36.5 Å². The zero-order valence-corrected chi connectivity index (χ0v) is 24.1.